The molecule has 48 heavy (non-hydrogen) atoms. The first-order chi connectivity index (χ1) is 23.0. The third-order valence-corrected chi connectivity index (χ3v) is 10.8. The number of aromatic amines is 1. The molecule has 4 aliphatic rings. The molecule has 6 heterocycles. The summed E-state index contributed by atoms with van der Waals surface area (Å²) in [6.45, 7) is 15.6. The van der Waals surface area contributed by atoms with E-state index in [0.29, 0.717) is 23.3 Å². The van der Waals surface area contributed by atoms with E-state index in [1.54, 1.807) is 12.1 Å². The second kappa shape index (κ2) is 11.3. The van der Waals surface area contributed by atoms with Gasteiger partial charge in [-0.25, -0.2) is 14.8 Å². The summed E-state index contributed by atoms with van der Waals surface area (Å²) in [5.74, 6) is 0.911. The monoisotopic (exact) mass is 651 g/mol. The first-order valence-corrected chi connectivity index (χ1v) is 17.2. The number of fused-ring (bicyclic) bond motifs is 3. The molecule has 12 heteroatoms. The molecule has 1 aromatic carbocycles. The molecule has 252 valence electrons. The van der Waals surface area contributed by atoms with Crippen LogP contribution in [-0.4, -0.2) is 103 Å². The summed E-state index contributed by atoms with van der Waals surface area (Å²) in [5.41, 5.74) is 5.29. The summed E-state index contributed by atoms with van der Waals surface area (Å²) >= 11 is 0. The fourth-order valence-electron chi connectivity index (χ4n) is 8.44. The predicted octanol–water partition coefficient (Wildman–Crippen LogP) is 5.15. The molecule has 3 aromatic heterocycles. The van der Waals surface area contributed by atoms with Gasteiger partial charge in [-0.1, -0.05) is 12.1 Å². The maximum Gasteiger partial charge on any atom is 0.410 e. The fourth-order valence-corrected chi connectivity index (χ4v) is 8.44. The van der Waals surface area contributed by atoms with Gasteiger partial charge in [-0.15, -0.1) is 10.2 Å². The van der Waals surface area contributed by atoms with Crippen molar-refractivity contribution in [2.24, 2.45) is 5.41 Å². The summed E-state index contributed by atoms with van der Waals surface area (Å²) in [7, 11) is 0. The van der Waals surface area contributed by atoms with Gasteiger partial charge in [0.2, 0.25) is 5.95 Å². The van der Waals surface area contributed by atoms with Gasteiger partial charge < -0.3 is 29.5 Å². The normalized spacial score (nSPS) is 22.8. The molecule has 1 amide bonds. The van der Waals surface area contributed by atoms with E-state index >= 15 is 0 Å². The Morgan fingerprint density at radius 1 is 1.04 bits per heavy atom. The molecule has 12 nitrogen and oxygen atoms in total. The number of rotatable bonds is 4. The van der Waals surface area contributed by atoms with Gasteiger partial charge in [0, 0.05) is 85.4 Å². The third kappa shape index (κ3) is 5.39. The molecule has 8 rings (SSSR count). The molecule has 1 saturated carbocycles. The predicted molar refractivity (Wildman–Crippen MR) is 184 cm³/mol. The number of likely N-dealkylation sites (tertiary alicyclic amines) is 1. The largest absolute Gasteiger partial charge is 0.507 e. The number of nitrogens with zero attached hydrogens (tertiary/aromatic N) is 8. The maximum atomic E-state index is 12.4. The lowest BCUT2D eigenvalue weighted by Gasteiger charge is -2.62. The number of nitrogens with one attached hydrogen (secondary N) is 1. The Morgan fingerprint density at radius 3 is 2.50 bits per heavy atom. The molecule has 3 fully saturated rings. The quantitative estimate of drug-likeness (QED) is 0.306. The number of carbonyl (C=O) groups excluding carboxylic acids is 1. The van der Waals surface area contributed by atoms with Gasteiger partial charge in [-0.2, -0.15) is 0 Å². The summed E-state index contributed by atoms with van der Waals surface area (Å²) < 4.78 is 5.56. The van der Waals surface area contributed by atoms with Gasteiger partial charge in [-0.3, -0.25) is 4.90 Å². The summed E-state index contributed by atoms with van der Waals surface area (Å²) in [6, 6.07) is 10.3. The molecule has 1 spiro atoms. The molecular weight excluding hydrogens is 606 g/mol. The van der Waals surface area contributed by atoms with E-state index in [2.05, 4.69) is 43.7 Å². The highest BCUT2D eigenvalue weighted by atomic mass is 16.6. The number of phenols is 1. The zero-order valence-corrected chi connectivity index (χ0v) is 28.5. The molecular formula is C36H45N9O3. The molecule has 2 N–H and O–H groups in total. The van der Waals surface area contributed by atoms with Crippen molar-refractivity contribution in [3.63, 3.8) is 0 Å². The number of hydrogen-bond donors (Lipinski definition) is 2. The van der Waals surface area contributed by atoms with Crippen molar-refractivity contribution in [1.82, 2.24) is 34.9 Å². The van der Waals surface area contributed by atoms with Crippen LogP contribution in [0.5, 0.6) is 5.75 Å². The van der Waals surface area contributed by atoms with Crippen molar-refractivity contribution in [3.8, 4) is 17.0 Å². The Morgan fingerprint density at radius 2 is 1.79 bits per heavy atom. The first kappa shape index (κ1) is 30.9. The number of piperazine rings is 1. The van der Waals surface area contributed by atoms with Crippen LogP contribution in [0.3, 0.4) is 0 Å². The lowest BCUT2D eigenvalue weighted by atomic mass is 9.60. The molecule has 3 aliphatic heterocycles. The number of ether oxygens (including phenoxy) is 1. The van der Waals surface area contributed by atoms with Gasteiger partial charge >= 0.3 is 6.09 Å². The van der Waals surface area contributed by atoms with Crippen molar-refractivity contribution in [2.75, 3.05) is 49.1 Å². The Bertz CT molecular complexity index is 1840. The lowest BCUT2D eigenvalue weighted by Crippen LogP contribution is -2.70. The van der Waals surface area contributed by atoms with Crippen LogP contribution in [-0.2, 0) is 11.2 Å². The highest BCUT2D eigenvalue weighted by molar-refractivity contribution is 5.86. The lowest BCUT2D eigenvalue weighted by molar-refractivity contribution is -0.114. The minimum Gasteiger partial charge on any atom is -0.507 e. The standard InChI is InChI=1S/C36H45N9O3/c1-22-19-42(12-13-44(22)24-15-36(16-24)20-43(21-36)34(47)48-35(3,4)5)25-17-37-33(38-18-25)45-11-10-28-31(23(45)2)27-14-29(40-41-32(27)39-28)26-8-6-7-9-30(26)46/h6-9,14,17-18,22-24,46H,10-13,15-16,19-21H2,1-5H3,(H,39,41)/t22-,23-/m1/s1. The van der Waals surface area contributed by atoms with Crippen LogP contribution >= 0.6 is 0 Å². The number of benzene rings is 1. The van der Waals surface area contributed by atoms with Gasteiger partial charge in [0.25, 0.3) is 0 Å². The minimum absolute atomic E-state index is 0.0380. The molecule has 1 aliphatic carbocycles. The van der Waals surface area contributed by atoms with E-state index in [1.165, 1.54) is 5.56 Å². The van der Waals surface area contributed by atoms with Crippen molar-refractivity contribution >= 4 is 28.8 Å². The number of H-pyrrole nitrogens is 1. The van der Waals surface area contributed by atoms with Crippen molar-refractivity contribution in [3.05, 3.63) is 54.0 Å². The summed E-state index contributed by atoms with van der Waals surface area (Å²) in [4.78, 5) is 34.8. The molecule has 0 bridgehead atoms. The van der Waals surface area contributed by atoms with E-state index in [4.69, 9.17) is 14.7 Å². The third-order valence-electron chi connectivity index (χ3n) is 10.8. The van der Waals surface area contributed by atoms with Crippen LogP contribution in [0.15, 0.2) is 42.7 Å². The molecule has 2 atom stereocenters. The van der Waals surface area contributed by atoms with Gasteiger partial charge in [0.1, 0.15) is 11.4 Å². The van der Waals surface area contributed by atoms with Gasteiger partial charge in [-0.05, 0) is 65.7 Å². The molecule has 2 saturated heterocycles. The Hall–Kier alpha value is -4.45. The molecule has 0 unspecified atom stereocenters. The molecule has 0 radical (unpaired) electrons. The van der Waals surface area contributed by atoms with Crippen LogP contribution in [0.25, 0.3) is 22.3 Å². The second-order valence-corrected chi connectivity index (χ2v) is 15.3. The highest BCUT2D eigenvalue weighted by Gasteiger charge is 2.56. The minimum atomic E-state index is -0.451. The van der Waals surface area contributed by atoms with Crippen LogP contribution < -0.4 is 9.80 Å². The number of aromatic nitrogens is 5. The number of anilines is 2. The number of carbonyl (C=O) groups is 1. The van der Waals surface area contributed by atoms with E-state index < -0.39 is 5.60 Å². The van der Waals surface area contributed by atoms with Crippen LogP contribution in [0, 0.1) is 5.41 Å². The molecule has 4 aromatic rings. The number of para-hydroxylation sites is 1. The van der Waals surface area contributed by atoms with Crippen molar-refractivity contribution < 1.29 is 14.6 Å². The SMILES string of the molecule is C[C@@H]1c2c([nH]c3nnc(-c4ccccc4O)cc23)CCN1c1ncc(N2CCN(C3CC4(C3)CN(C(=O)OC(C)(C)C)C4)[C@H](C)C2)cn1. The zero-order valence-electron chi connectivity index (χ0n) is 28.5. The number of hydrogen-bond acceptors (Lipinski definition) is 10. The van der Waals surface area contributed by atoms with Crippen LogP contribution in [0.4, 0.5) is 16.4 Å². The van der Waals surface area contributed by atoms with E-state index in [0.717, 1.165) is 86.9 Å². The topological polar surface area (TPSA) is 127 Å². The van der Waals surface area contributed by atoms with E-state index in [1.807, 2.05) is 56.3 Å². The fraction of sp³-hybridized carbons (Fsp3) is 0.528. The highest BCUT2D eigenvalue weighted by Crippen LogP contribution is 2.51. The van der Waals surface area contributed by atoms with E-state index in [-0.39, 0.29) is 23.3 Å². The van der Waals surface area contributed by atoms with Crippen molar-refractivity contribution in [2.45, 2.75) is 77.6 Å². The average Bonchev–Trinajstić information content (AvgIpc) is 3.39. The Balaban J connectivity index is 0.896. The van der Waals surface area contributed by atoms with Gasteiger partial charge in [0.15, 0.2) is 5.65 Å². The number of aromatic hydroxyl groups is 1. The van der Waals surface area contributed by atoms with Gasteiger partial charge in [0.05, 0.1) is 29.8 Å². The summed E-state index contributed by atoms with van der Waals surface area (Å²) in [6.07, 6.45) is 6.91. The number of amides is 1. The van der Waals surface area contributed by atoms with E-state index in [9.17, 15) is 9.90 Å². The van der Waals surface area contributed by atoms with Crippen LogP contribution in [0.2, 0.25) is 0 Å². The Kier molecular flexibility index (Phi) is 7.28. The average molecular weight is 652 g/mol. The van der Waals surface area contributed by atoms with Crippen LogP contribution in [0.1, 0.15) is 64.8 Å². The summed E-state index contributed by atoms with van der Waals surface area (Å²) in [5, 5.41) is 20.3. The maximum absolute atomic E-state index is 12.4. The zero-order chi connectivity index (χ0) is 33.4. The smallest absolute Gasteiger partial charge is 0.410 e. The first-order valence-electron chi connectivity index (χ1n) is 17.2. The van der Waals surface area contributed by atoms with Crippen molar-refractivity contribution in [1.29, 1.82) is 0 Å². The second-order valence-electron chi connectivity index (χ2n) is 15.3. The number of phenolic OH excluding ortho intramolecular Hbond substituents is 1. The Labute approximate surface area is 281 Å².